The van der Waals surface area contributed by atoms with E-state index < -0.39 is 0 Å². The van der Waals surface area contributed by atoms with Crippen LogP contribution in [0, 0.1) is 12.3 Å². The molecule has 0 radical (unpaired) electrons. The molecule has 1 unspecified atom stereocenters. The average Bonchev–Trinajstić information content (AvgIpc) is 2.28. The quantitative estimate of drug-likeness (QED) is 0.680. The Kier molecular flexibility index (Phi) is 4.24. The molecule has 15 heavy (non-hydrogen) atoms. The zero-order valence-corrected chi connectivity index (χ0v) is 9.71. The van der Waals surface area contributed by atoms with Crippen molar-refractivity contribution in [1.82, 2.24) is 0 Å². The summed E-state index contributed by atoms with van der Waals surface area (Å²) in [6.07, 6.45) is 7.13. The van der Waals surface area contributed by atoms with Gasteiger partial charge in [-0.3, -0.25) is 0 Å². The Bertz CT molecular complexity index is 360. The van der Waals surface area contributed by atoms with Gasteiger partial charge >= 0.3 is 0 Å². The van der Waals surface area contributed by atoms with E-state index >= 15 is 0 Å². The Balaban J connectivity index is 3.06. The third-order valence-electron chi connectivity index (χ3n) is 2.66. The number of methoxy groups -OCH3 is 1. The fraction of sp³-hybridized carbons (Fsp3) is 0.429. The molecule has 0 amide bonds. The molecule has 1 rings (SSSR count). The summed E-state index contributed by atoms with van der Waals surface area (Å²) in [7, 11) is 1.70. The van der Waals surface area contributed by atoms with Crippen molar-refractivity contribution in [3.05, 3.63) is 29.3 Å². The zero-order valence-electron chi connectivity index (χ0n) is 9.71. The monoisotopic (exact) mass is 202 g/mol. The van der Waals surface area contributed by atoms with Crippen LogP contribution in [0.5, 0.6) is 5.75 Å². The fourth-order valence-corrected chi connectivity index (χ4v) is 1.68. The fourth-order valence-electron chi connectivity index (χ4n) is 1.68. The van der Waals surface area contributed by atoms with Crippen LogP contribution in [0.2, 0.25) is 0 Å². The van der Waals surface area contributed by atoms with Gasteiger partial charge in [0.2, 0.25) is 0 Å². The first-order chi connectivity index (χ1) is 7.22. The lowest BCUT2D eigenvalue weighted by atomic mass is 9.95. The van der Waals surface area contributed by atoms with Crippen LogP contribution in [-0.4, -0.2) is 7.11 Å². The van der Waals surface area contributed by atoms with E-state index in [2.05, 4.69) is 31.9 Å². The molecule has 1 aromatic rings. The van der Waals surface area contributed by atoms with Gasteiger partial charge < -0.3 is 4.74 Å². The lowest BCUT2D eigenvalue weighted by Gasteiger charge is -2.14. The van der Waals surface area contributed by atoms with Crippen LogP contribution in [0.3, 0.4) is 0 Å². The van der Waals surface area contributed by atoms with E-state index in [9.17, 15) is 0 Å². The molecule has 80 valence electrons. The molecule has 0 N–H and O–H groups in total. The van der Waals surface area contributed by atoms with Crippen LogP contribution in [0.4, 0.5) is 0 Å². The molecule has 0 spiro atoms. The molecule has 0 bridgehead atoms. The molecule has 1 aromatic carbocycles. The maximum atomic E-state index is 5.34. The summed E-state index contributed by atoms with van der Waals surface area (Å²) in [6.45, 7) is 4.29. The highest BCUT2D eigenvalue weighted by Crippen LogP contribution is 2.29. The van der Waals surface area contributed by atoms with Gasteiger partial charge in [0.25, 0.3) is 0 Å². The van der Waals surface area contributed by atoms with E-state index in [-0.39, 0.29) is 0 Å². The third-order valence-corrected chi connectivity index (χ3v) is 2.66. The largest absolute Gasteiger partial charge is 0.496 e. The van der Waals surface area contributed by atoms with Crippen LogP contribution < -0.4 is 4.74 Å². The molecule has 0 saturated carbocycles. The predicted octanol–water partition coefficient (Wildman–Crippen LogP) is 3.38. The summed E-state index contributed by atoms with van der Waals surface area (Å²) < 4.78 is 5.34. The van der Waals surface area contributed by atoms with Crippen molar-refractivity contribution in [2.24, 2.45) is 0 Å². The van der Waals surface area contributed by atoms with Crippen molar-refractivity contribution in [2.45, 2.75) is 32.6 Å². The summed E-state index contributed by atoms with van der Waals surface area (Å²) in [6, 6.07) is 6.33. The van der Waals surface area contributed by atoms with Gasteiger partial charge in [-0.1, -0.05) is 26.0 Å². The van der Waals surface area contributed by atoms with Gasteiger partial charge in [-0.25, -0.2) is 0 Å². The topological polar surface area (TPSA) is 9.23 Å². The maximum Gasteiger partial charge on any atom is 0.122 e. The average molecular weight is 202 g/mol. The van der Waals surface area contributed by atoms with E-state index in [4.69, 9.17) is 11.2 Å². The predicted molar refractivity (Wildman–Crippen MR) is 64.2 cm³/mol. The molecule has 0 saturated heterocycles. The van der Waals surface area contributed by atoms with Gasteiger partial charge in [-0.05, 0) is 29.5 Å². The first-order valence-corrected chi connectivity index (χ1v) is 5.33. The van der Waals surface area contributed by atoms with Crippen molar-refractivity contribution in [3.8, 4) is 18.1 Å². The molecule has 0 fully saturated rings. The minimum Gasteiger partial charge on any atom is -0.496 e. The molecular weight excluding hydrogens is 184 g/mol. The zero-order chi connectivity index (χ0) is 11.3. The van der Waals surface area contributed by atoms with Crippen molar-refractivity contribution < 1.29 is 4.74 Å². The molecule has 0 aliphatic rings. The van der Waals surface area contributed by atoms with Crippen LogP contribution in [0.1, 0.15) is 37.3 Å². The summed E-state index contributed by atoms with van der Waals surface area (Å²) in [5, 5.41) is 0. The minimum absolute atomic E-state index is 0.358. The molecule has 0 aliphatic carbocycles. The number of terminal acetylenes is 1. The second-order valence-electron chi connectivity index (χ2n) is 3.74. The highest BCUT2D eigenvalue weighted by molar-refractivity contribution is 5.40. The minimum atomic E-state index is 0.358. The first kappa shape index (κ1) is 11.7. The second kappa shape index (κ2) is 5.46. The van der Waals surface area contributed by atoms with Crippen LogP contribution in [0.15, 0.2) is 18.2 Å². The van der Waals surface area contributed by atoms with Gasteiger partial charge in [0, 0.05) is 6.42 Å². The molecular formula is C14H18O. The Morgan fingerprint density at radius 3 is 2.73 bits per heavy atom. The molecule has 0 aromatic heterocycles. The van der Waals surface area contributed by atoms with E-state index in [1.807, 2.05) is 6.07 Å². The van der Waals surface area contributed by atoms with Crippen LogP contribution >= 0.6 is 0 Å². The van der Waals surface area contributed by atoms with Crippen LogP contribution in [-0.2, 0) is 6.42 Å². The van der Waals surface area contributed by atoms with E-state index in [0.717, 1.165) is 18.6 Å². The molecule has 1 atom stereocenters. The third kappa shape index (κ3) is 2.76. The van der Waals surface area contributed by atoms with Crippen molar-refractivity contribution in [3.63, 3.8) is 0 Å². The van der Waals surface area contributed by atoms with Gasteiger partial charge in [0.05, 0.1) is 7.11 Å². The highest BCUT2D eigenvalue weighted by atomic mass is 16.5. The maximum absolute atomic E-state index is 5.34. The smallest absolute Gasteiger partial charge is 0.122 e. The Morgan fingerprint density at radius 2 is 2.20 bits per heavy atom. The highest BCUT2D eigenvalue weighted by Gasteiger charge is 2.10. The summed E-state index contributed by atoms with van der Waals surface area (Å²) in [5.74, 6) is 4.00. The summed E-state index contributed by atoms with van der Waals surface area (Å²) >= 11 is 0. The van der Waals surface area contributed by atoms with Gasteiger partial charge in [-0.15, -0.1) is 12.3 Å². The van der Waals surface area contributed by atoms with Crippen molar-refractivity contribution in [1.29, 1.82) is 0 Å². The number of hydrogen-bond donors (Lipinski definition) is 0. The Morgan fingerprint density at radius 1 is 1.47 bits per heavy atom. The SMILES string of the molecule is C#CCC(C)c1cc(CC)ccc1OC. The van der Waals surface area contributed by atoms with E-state index in [0.29, 0.717) is 5.92 Å². The molecule has 0 aliphatic heterocycles. The number of hydrogen-bond acceptors (Lipinski definition) is 1. The van der Waals surface area contributed by atoms with Crippen molar-refractivity contribution >= 4 is 0 Å². The van der Waals surface area contributed by atoms with E-state index in [1.165, 1.54) is 11.1 Å². The number of aryl methyl sites for hydroxylation is 1. The lowest BCUT2D eigenvalue weighted by molar-refractivity contribution is 0.406. The Labute approximate surface area is 92.5 Å². The standard InChI is InChI=1S/C14H18O/c1-5-7-11(3)13-10-12(6-2)8-9-14(13)15-4/h1,8-11H,6-7H2,2-4H3. The van der Waals surface area contributed by atoms with E-state index in [1.54, 1.807) is 7.11 Å². The van der Waals surface area contributed by atoms with Crippen molar-refractivity contribution in [2.75, 3.05) is 7.11 Å². The van der Waals surface area contributed by atoms with Crippen LogP contribution in [0.25, 0.3) is 0 Å². The number of benzene rings is 1. The normalized spacial score (nSPS) is 11.9. The number of rotatable bonds is 4. The first-order valence-electron chi connectivity index (χ1n) is 5.33. The molecule has 0 heterocycles. The van der Waals surface area contributed by atoms with Gasteiger partial charge in [0.15, 0.2) is 0 Å². The molecule has 1 nitrogen and oxygen atoms in total. The second-order valence-corrected chi connectivity index (χ2v) is 3.74. The summed E-state index contributed by atoms with van der Waals surface area (Å²) in [4.78, 5) is 0. The number of ether oxygens (including phenoxy) is 1. The lowest BCUT2D eigenvalue weighted by Crippen LogP contribution is -1.98. The van der Waals surface area contributed by atoms with Gasteiger partial charge in [-0.2, -0.15) is 0 Å². The molecule has 1 heteroatoms. The Hall–Kier alpha value is -1.42. The van der Waals surface area contributed by atoms with Gasteiger partial charge in [0.1, 0.15) is 5.75 Å². The summed E-state index contributed by atoms with van der Waals surface area (Å²) in [5.41, 5.74) is 2.55.